The SMILES string of the molecule is COc1cccc(-c2ocnc2C(=O)Nc2cnn(CCCCC(C)(F)F)c2)c1. The molecule has 2 heterocycles. The number of hydrogen-bond acceptors (Lipinski definition) is 5. The molecule has 0 aliphatic heterocycles. The number of carbonyl (C=O) groups is 1. The number of aromatic nitrogens is 3. The van der Waals surface area contributed by atoms with Crippen molar-refractivity contribution >= 4 is 11.6 Å². The minimum Gasteiger partial charge on any atom is -0.497 e. The summed E-state index contributed by atoms with van der Waals surface area (Å²) in [5.41, 5.74) is 1.28. The summed E-state index contributed by atoms with van der Waals surface area (Å²) in [5.74, 6) is -2.13. The van der Waals surface area contributed by atoms with Gasteiger partial charge in [-0.3, -0.25) is 9.48 Å². The molecule has 0 saturated carbocycles. The van der Waals surface area contributed by atoms with E-state index in [0.717, 1.165) is 6.92 Å². The van der Waals surface area contributed by atoms with Gasteiger partial charge < -0.3 is 14.5 Å². The van der Waals surface area contributed by atoms with Crippen molar-refractivity contribution in [3.05, 3.63) is 48.7 Å². The van der Waals surface area contributed by atoms with Crippen LogP contribution in [-0.2, 0) is 6.54 Å². The molecular weight excluding hydrogens is 382 g/mol. The van der Waals surface area contributed by atoms with Crippen molar-refractivity contribution in [3.8, 4) is 17.1 Å². The van der Waals surface area contributed by atoms with E-state index in [9.17, 15) is 13.6 Å². The molecule has 3 aromatic rings. The van der Waals surface area contributed by atoms with Crippen LogP contribution in [0.5, 0.6) is 5.75 Å². The first-order valence-corrected chi connectivity index (χ1v) is 9.15. The molecule has 1 aromatic carbocycles. The highest BCUT2D eigenvalue weighted by Gasteiger charge is 2.20. The number of nitrogens with zero attached hydrogens (tertiary/aromatic N) is 3. The van der Waals surface area contributed by atoms with Crippen LogP contribution in [0.25, 0.3) is 11.3 Å². The van der Waals surface area contributed by atoms with Crippen LogP contribution in [-0.4, -0.2) is 33.7 Å². The number of benzene rings is 1. The fourth-order valence-corrected chi connectivity index (χ4v) is 2.83. The summed E-state index contributed by atoms with van der Waals surface area (Å²) in [6.45, 7) is 1.41. The number of oxazole rings is 1. The number of aryl methyl sites for hydroxylation is 1. The number of rotatable bonds is 9. The summed E-state index contributed by atoms with van der Waals surface area (Å²) in [5, 5.41) is 6.86. The first kappa shape index (κ1) is 20.5. The third kappa shape index (κ3) is 5.63. The van der Waals surface area contributed by atoms with E-state index < -0.39 is 11.8 Å². The zero-order valence-electron chi connectivity index (χ0n) is 16.2. The van der Waals surface area contributed by atoms with Crippen LogP contribution in [0.2, 0.25) is 0 Å². The van der Waals surface area contributed by atoms with Gasteiger partial charge >= 0.3 is 0 Å². The van der Waals surface area contributed by atoms with Crippen molar-refractivity contribution in [2.75, 3.05) is 12.4 Å². The predicted molar refractivity (Wildman–Crippen MR) is 103 cm³/mol. The highest BCUT2D eigenvalue weighted by molar-refractivity contribution is 6.06. The molecule has 29 heavy (non-hydrogen) atoms. The van der Waals surface area contributed by atoms with Crippen molar-refractivity contribution in [2.45, 2.75) is 38.7 Å². The number of amides is 1. The van der Waals surface area contributed by atoms with Crippen LogP contribution in [0.1, 0.15) is 36.7 Å². The minimum absolute atomic E-state index is 0.135. The highest BCUT2D eigenvalue weighted by atomic mass is 19.3. The van der Waals surface area contributed by atoms with Crippen LogP contribution >= 0.6 is 0 Å². The summed E-state index contributed by atoms with van der Waals surface area (Å²) in [6, 6.07) is 7.11. The van der Waals surface area contributed by atoms with Crippen LogP contribution in [0.4, 0.5) is 14.5 Å². The molecule has 2 aromatic heterocycles. The van der Waals surface area contributed by atoms with Crippen molar-refractivity contribution in [1.29, 1.82) is 0 Å². The molecule has 0 aliphatic carbocycles. The number of methoxy groups -OCH3 is 1. The quantitative estimate of drug-likeness (QED) is 0.526. The van der Waals surface area contributed by atoms with Gasteiger partial charge in [-0.1, -0.05) is 12.1 Å². The lowest BCUT2D eigenvalue weighted by atomic mass is 10.1. The fourth-order valence-electron chi connectivity index (χ4n) is 2.83. The molecule has 0 spiro atoms. The van der Waals surface area contributed by atoms with Crippen LogP contribution in [0, 0.1) is 0 Å². The van der Waals surface area contributed by atoms with Gasteiger partial charge in [-0.15, -0.1) is 0 Å². The third-order valence-corrected chi connectivity index (χ3v) is 4.26. The lowest BCUT2D eigenvalue weighted by Crippen LogP contribution is -2.13. The summed E-state index contributed by atoms with van der Waals surface area (Å²) in [6.07, 6.45) is 5.16. The molecule has 9 heteroatoms. The molecule has 0 saturated heterocycles. The summed E-state index contributed by atoms with van der Waals surface area (Å²) in [7, 11) is 1.55. The third-order valence-electron chi connectivity index (χ3n) is 4.26. The Kier molecular flexibility index (Phi) is 6.26. The van der Waals surface area contributed by atoms with Crippen molar-refractivity contribution in [2.24, 2.45) is 0 Å². The first-order valence-electron chi connectivity index (χ1n) is 9.15. The molecule has 0 aliphatic rings. The Morgan fingerprint density at radius 3 is 2.93 bits per heavy atom. The number of carbonyl (C=O) groups excluding carboxylic acids is 1. The standard InChI is InChI=1S/C20H22F2N4O3/c1-20(21,22)8-3-4-9-26-12-15(11-24-26)25-19(27)17-18(29-13-23-17)14-6-5-7-16(10-14)28-2/h5-7,10-13H,3-4,8-9H2,1-2H3,(H,25,27). The molecule has 0 fully saturated rings. The van der Waals surface area contributed by atoms with E-state index >= 15 is 0 Å². The van der Waals surface area contributed by atoms with E-state index in [2.05, 4.69) is 15.4 Å². The largest absolute Gasteiger partial charge is 0.497 e. The smallest absolute Gasteiger partial charge is 0.278 e. The molecule has 0 radical (unpaired) electrons. The van der Waals surface area contributed by atoms with E-state index in [4.69, 9.17) is 9.15 Å². The van der Waals surface area contributed by atoms with E-state index in [1.54, 1.807) is 42.3 Å². The second-order valence-electron chi connectivity index (χ2n) is 6.74. The predicted octanol–water partition coefficient (Wildman–Crippen LogP) is 4.62. The summed E-state index contributed by atoms with van der Waals surface area (Å²) in [4.78, 5) is 16.6. The summed E-state index contributed by atoms with van der Waals surface area (Å²) >= 11 is 0. The normalized spacial score (nSPS) is 11.4. The van der Waals surface area contributed by atoms with Gasteiger partial charge in [0.15, 0.2) is 17.8 Å². The van der Waals surface area contributed by atoms with Crippen molar-refractivity contribution < 1.29 is 22.7 Å². The Balaban J connectivity index is 1.62. The van der Waals surface area contributed by atoms with Gasteiger partial charge in [-0.25, -0.2) is 13.8 Å². The van der Waals surface area contributed by atoms with Crippen LogP contribution < -0.4 is 10.1 Å². The molecular formula is C20H22F2N4O3. The molecule has 0 atom stereocenters. The van der Waals surface area contributed by atoms with E-state index in [1.165, 1.54) is 12.6 Å². The number of anilines is 1. The Morgan fingerprint density at radius 1 is 1.34 bits per heavy atom. The minimum atomic E-state index is -2.65. The Bertz CT molecular complexity index is 963. The zero-order chi connectivity index (χ0) is 20.9. The number of unbranched alkanes of at least 4 members (excludes halogenated alkanes) is 1. The van der Waals surface area contributed by atoms with Gasteiger partial charge in [0.05, 0.1) is 19.0 Å². The lowest BCUT2D eigenvalue weighted by molar-refractivity contribution is 0.0102. The second-order valence-corrected chi connectivity index (χ2v) is 6.74. The average molecular weight is 404 g/mol. The molecule has 154 valence electrons. The number of ether oxygens (including phenoxy) is 1. The fraction of sp³-hybridized carbons (Fsp3) is 0.350. The molecule has 1 amide bonds. The molecule has 0 bridgehead atoms. The van der Waals surface area contributed by atoms with Gasteiger partial charge in [-0.2, -0.15) is 5.10 Å². The summed E-state index contributed by atoms with van der Waals surface area (Å²) < 4.78 is 37.9. The van der Waals surface area contributed by atoms with E-state index in [1.807, 2.05) is 0 Å². The molecule has 3 rings (SSSR count). The van der Waals surface area contributed by atoms with Gasteiger partial charge in [0.1, 0.15) is 5.75 Å². The molecule has 1 N–H and O–H groups in total. The van der Waals surface area contributed by atoms with Gasteiger partial charge in [0, 0.05) is 24.7 Å². The molecule has 0 unspecified atom stereocenters. The van der Waals surface area contributed by atoms with Gasteiger partial charge in [-0.05, 0) is 31.9 Å². The maximum Gasteiger partial charge on any atom is 0.278 e. The Morgan fingerprint density at radius 2 is 2.17 bits per heavy atom. The maximum atomic E-state index is 12.8. The monoisotopic (exact) mass is 404 g/mol. The molecule has 7 nitrogen and oxygen atoms in total. The van der Waals surface area contributed by atoms with Crippen molar-refractivity contribution in [3.63, 3.8) is 0 Å². The Hall–Kier alpha value is -3.23. The van der Waals surface area contributed by atoms with Crippen LogP contribution in [0.3, 0.4) is 0 Å². The van der Waals surface area contributed by atoms with E-state index in [0.29, 0.717) is 42.1 Å². The number of alkyl halides is 2. The number of hydrogen-bond donors (Lipinski definition) is 1. The number of nitrogens with one attached hydrogen (secondary N) is 1. The highest BCUT2D eigenvalue weighted by Crippen LogP contribution is 2.27. The number of halogens is 2. The van der Waals surface area contributed by atoms with Gasteiger partial charge in [0.25, 0.3) is 5.91 Å². The van der Waals surface area contributed by atoms with Gasteiger partial charge in [0.2, 0.25) is 5.92 Å². The average Bonchev–Trinajstić information content (AvgIpc) is 3.34. The maximum absolute atomic E-state index is 12.8. The van der Waals surface area contributed by atoms with Crippen LogP contribution in [0.15, 0.2) is 47.5 Å². The zero-order valence-corrected chi connectivity index (χ0v) is 16.2. The first-order chi connectivity index (χ1) is 13.9. The van der Waals surface area contributed by atoms with E-state index in [-0.39, 0.29) is 12.1 Å². The second kappa shape index (κ2) is 8.85. The Labute approximate surface area is 166 Å². The van der Waals surface area contributed by atoms with Crippen molar-refractivity contribution in [1.82, 2.24) is 14.8 Å². The topological polar surface area (TPSA) is 82.2 Å². The lowest BCUT2D eigenvalue weighted by Gasteiger charge is -2.09.